The van der Waals surface area contributed by atoms with E-state index < -0.39 is 9.84 Å². The second-order valence-corrected chi connectivity index (χ2v) is 6.90. The van der Waals surface area contributed by atoms with E-state index in [0.717, 1.165) is 12.1 Å². The summed E-state index contributed by atoms with van der Waals surface area (Å²) in [6.45, 7) is 2.10. The van der Waals surface area contributed by atoms with Gasteiger partial charge in [-0.2, -0.15) is 5.26 Å². The largest absolute Gasteiger partial charge is 0.298 e. The average molecular weight is 264 g/mol. The molecular weight excluding hydrogens is 248 g/mol. The quantitative estimate of drug-likeness (QED) is 0.804. The Morgan fingerprint density at radius 1 is 1.28 bits per heavy atom. The van der Waals surface area contributed by atoms with Crippen molar-refractivity contribution in [1.82, 2.24) is 4.90 Å². The van der Waals surface area contributed by atoms with Crippen molar-refractivity contribution >= 4 is 9.84 Å². The molecule has 5 heteroatoms. The van der Waals surface area contributed by atoms with Gasteiger partial charge in [0.05, 0.1) is 23.1 Å². The van der Waals surface area contributed by atoms with E-state index in [9.17, 15) is 8.42 Å². The van der Waals surface area contributed by atoms with Crippen molar-refractivity contribution in [2.45, 2.75) is 13.0 Å². The predicted molar refractivity (Wildman–Crippen MR) is 69.7 cm³/mol. The van der Waals surface area contributed by atoms with Gasteiger partial charge in [0.25, 0.3) is 0 Å². The highest BCUT2D eigenvalue weighted by molar-refractivity contribution is 7.91. The standard InChI is InChI=1S/C13H16N2O2S/c14-10-12-3-1-4-13(9-12)11-15-5-2-7-18(16,17)8-6-15/h1,3-4,9H,2,5-8,11H2. The summed E-state index contributed by atoms with van der Waals surface area (Å²) < 4.78 is 23.0. The molecule has 0 N–H and O–H groups in total. The molecule has 0 saturated carbocycles. The highest BCUT2D eigenvalue weighted by Gasteiger charge is 2.18. The van der Waals surface area contributed by atoms with Crippen LogP contribution in [0.3, 0.4) is 0 Å². The predicted octanol–water partition coefficient (Wildman–Crippen LogP) is 1.18. The Morgan fingerprint density at radius 2 is 2.11 bits per heavy atom. The molecule has 1 aromatic carbocycles. The first-order valence-corrected chi connectivity index (χ1v) is 7.83. The molecule has 0 unspecified atom stereocenters. The fourth-order valence-electron chi connectivity index (χ4n) is 2.15. The smallest absolute Gasteiger partial charge is 0.151 e. The lowest BCUT2D eigenvalue weighted by atomic mass is 10.1. The Hall–Kier alpha value is -1.38. The zero-order chi connectivity index (χ0) is 13.0. The minimum absolute atomic E-state index is 0.241. The molecule has 1 saturated heterocycles. The third kappa shape index (κ3) is 3.56. The van der Waals surface area contributed by atoms with Crippen LogP contribution in [-0.2, 0) is 16.4 Å². The maximum absolute atomic E-state index is 11.5. The van der Waals surface area contributed by atoms with E-state index in [1.54, 1.807) is 6.07 Å². The molecule has 1 aliphatic rings. The highest BCUT2D eigenvalue weighted by Crippen LogP contribution is 2.11. The van der Waals surface area contributed by atoms with Gasteiger partial charge in [0.2, 0.25) is 0 Å². The first kappa shape index (κ1) is 13.1. The van der Waals surface area contributed by atoms with Crippen molar-refractivity contribution in [3.8, 4) is 6.07 Å². The maximum Gasteiger partial charge on any atom is 0.151 e. The lowest BCUT2D eigenvalue weighted by Crippen LogP contribution is -2.26. The van der Waals surface area contributed by atoms with Gasteiger partial charge in [-0.25, -0.2) is 8.42 Å². The van der Waals surface area contributed by atoms with Gasteiger partial charge < -0.3 is 0 Å². The van der Waals surface area contributed by atoms with E-state index >= 15 is 0 Å². The molecule has 0 aromatic heterocycles. The van der Waals surface area contributed by atoms with Crippen molar-refractivity contribution in [2.75, 3.05) is 24.6 Å². The molecule has 0 radical (unpaired) electrons. The number of hydrogen-bond acceptors (Lipinski definition) is 4. The molecule has 18 heavy (non-hydrogen) atoms. The van der Waals surface area contributed by atoms with E-state index in [0.29, 0.717) is 30.8 Å². The van der Waals surface area contributed by atoms with E-state index in [1.807, 2.05) is 18.2 Å². The summed E-state index contributed by atoms with van der Waals surface area (Å²) in [6.07, 6.45) is 0.695. The van der Waals surface area contributed by atoms with Gasteiger partial charge in [0.1, 0.15) is 0 Å². The van der Waals surface area contributed by atoms with Crippen LogP contribution in [0.4, 0.5) is 0 Å². The molecule has 0 aliphatic carbocycles. The Kier molecular flexibility index (Phi) is 4.00. The van der Waals surface area contributed by atoms with Crippen LogP contribution in [0.1, 0.15) is 17.5 Å². The Morgan fingerprint density at radius 3 is 2.89 bits per heavy atom. The summed E-state index contributed by atoms with van der Waals surface area (Å²) in [5, 5.41) is 8.84. The van der Waals surface area contributed by atoms with Crippen LogP contribution in [-0.4, -0.2) is 37.9 Å². The minimum Gasteiger partial charge on any atom is -0.298 e. The van der Waals surface area contributed by atoms with Gasteiger partial charge in [0.15, 0.2) is 9.84 Å². The fourth-order valence-corrected chi connectivity index (χ4v) is 3.46. The molecule has 1 aliphatic heterocycles. The normalized spacial score (nSPS) is 19.9. The van der Waals surface area contributed by atoms with Crippen molar-refractivity contribution in [2.24, 2.45) is 0 Å². The first-order chi connectivity index (χ1) is 8.59. The van der Waals surface area contributed by atoms with E-state index in [-0.39, 0.29) is 5.75 Å². The van der Waals surface area contributed by atoms with Gasteiger partial charge in [-0.15, -0.1) is 0 Å². The second kappa shape index (κ2) is 5.51. The zero-order valence-electron chi connectivity index (χ0n) is 10.2. The maximum atomic E-state index is 11.5. The van der Waals surface area contributed by atoms with Crippen molar-refractivity contribution in [3.05, 3.63) is 35.4 Å². The Labute approximate surface area is 108 Å². The van der Waals surface area contributed by atoms with Gasteiger partial charge >= 0.3 is 0 Å². The minimum atomic E-state index is -2.85. The highest BCUT2D eigenvalue weighted by atomic mass is 32.2. The molecule has 0 atom stereocenters. The summed E-state index contributed by atoms with van der Waals surface area (Å²) in [5.41, 5.74) is 1.71. The summed E-state index contributed by atoms with van der Waals surface area (Å²) in [6, 6.07) is 9.59. The summed E-state index contributed by atoms with van der Waals surface area (Å²) in [4.78, 5) is 2.14. The van der Waals surface area contributed by atoms with Crippen LogP contribution in [0.15, 0.2) is 24.3 Å². The van der Waals surface area contributed by atoms with Crippen molar-refractivity contribution in [1.29, 1.82) is 5.26 Å². The average Bonchev–Trinajstić information content (AvgIpc) is 2.51. The number of benzene rings is 1. The van der Waals surface area contributed by atoms with Gasteiger partial charge in [-0.1, -0.05) is 12.1 Å². The van der Waals surface area contributed by atoms with Crippen LogP contribution in [0.5, 0.6) is 0 Å². The van der Waals surface area contributed by atoms with Crippen LogP contribution in [0, 0.1) is 11.3 Å². The molecule has 0 amide bonds. The van der Waals surface area contributed by atoms with Crippen LogP contribution in [0.2, 0.25) is 0 Å². The van der Waals surface area contributed by atoms with Crippen LogP contribution < -0.4 is 0 Å². The third-order valence-electron chi connectivity index (χ3n) is 3.11. The number of nitriles is 1. The molecule has 2 rings (SSSR count). The van der Waals surface area contributed by atoms with E-state index in [4.69, 9.17) is 5.26 Å². The van der Waals surface area contributed by atoms with Gasteiger partial charge in [-0.05, 0) is 30.7 Å². The topological polar surface area (TPSA) is 61.2 Å². The number of nitrogens with zero attached hydrogens (tertiary/aromatic N) is 2. The molecule has 0 spiro atoms. The fraction of sp³-hybridized carbons (Fsp3) is 0.462. The molecule has 96 valence electrons. The van der Waals surface area contributed by atoms with E-state index in [1.165, 1.54) is 0 Å². The van der Waals surface area contributed by atoms with E-state index in [2.05, 4.69) is 11.0 Å². The molecule has 1 heterocycles. The van der Waals surface area contributed by atoms with Crippen molar-refractivity contribution in [3.63, 3.8) is 0 Å². The van der Waals surface area contributed by atoms with Gasteiger partial charge in [-0.3, -0.25) is 4.90 Å². The number of rotatable bonds is 2. The molecular formula is C13H16N2O2S. The molecule has 1 fully saturated rings. The van der Waals surface area contributed by atoms with Crippen molar-refractivity contribution < 1.29 is 8.42 Å². The summed E-state index contributed by atoms with van der Waals surface area (Å²) in [5.74, 6) is 0.534. The molecule has 0 bridgehead atoms. The third-order valence-corrected chi connectivity index (χ3v) is 4.83. The Bertz CT molecular complexity index is 561. The molecule has 4 nitrogen and oxygen atoms in total. The van der Waals surface area contributed by atoms with Gasteiger partial charge in [0, 0.05) is 13.1 Å². The lowest BCUT2D eigenvalue weighted by Gasteiger charge is -2.19. The molecule has 1 aromatic rings. The number of hydrogen-bond donors (Lipinski definition) is 0. The number of sulfone groups is 1. The SMILES string of the molecule is N#Cc1cccc(CN2CCCS(=O)(=O)CC2)c1. The summed E-state index contributed by atoms with van der Waals surface area (Å²) >= 11 is 0. The first-order valence-electron chi connectivity index (χ1n) is 6.01. The summed E-state index contributed by atoms with van der Waals surface area (Å²) in [7, 11) is -2.85. The monoisotopic (exact) mass is 264 g/mol. The van der Waals surface area contributed by atoms with Crippen LogP contribution >= 0.6 is 0 Å². The second-order valence-electron chi connectivity index (χ2n) is 4.59. The lowest BCUT2D eigenvalue weighted by molar-refractivity contribution is 0.287. The van der Waals surface area contributed by atoms with Crippen LogP contribution in [0.25, 0.3) is 0 Å². The zero-order valence-corrected chi connectivity index (χ0v) is 11.0. The Balaban J connectivity index is 2.03.